The van der Waals surface area contributed by atoms with Crippen LogP contribution in [0.1, 0.15) is 42.1 Å². The van der Waals surface area contributed by atoms with Crippen molar-refractivity contribution in [2.24, 2.45) is 0 Å². The van der Waals surface area contributed by atoms with Crippen LogP contribution in [0, 0.1) is 18.3 Å². The van der Waals surface area contributed by atoms with E-state index in [0.29, 0.717) is 5.16 Å². The lowest BCUT2D eigenvalue weighted by atomic mass is 9.93. The molecule has 0 saturated heterocycles. The molecule has 2 aromatic rings. The first-order valence-corrected chi connectivity index (χ1v) is 8.83. The monoisotopic (exact) mass is 401 g/mol. The Morgan fingerprint density at radius 2 is 1.96 bits per heavy atom. The average Bonchev–Trinajstić information content (AvgIpc) is 2.50. The van der Waals surface area contributed by atoms with E-state index >= 15 is 0 Å². The number of rotatable bonds is 4. The SMILES string of the molecule is Cc1c(C(C#N)c2cc(Cl)cc(C(F)(F)F)c2)nc(SC(C)C)[nH]c1=O. The Kier molecular flexibility index (Phi) is 6.04. The molecule has 9 heteroatoms. The van der Waals surface area contributed by atoms with E-state index in [2.05, 4.69) is 9.97 Å². The number of hydrogen-bond acceptors (Lipinski definition) is 4. The quantitative estimate of drug-likeness (QED) is 0.584. The minimum Gasteiger partial charge on any atom is -0.301 e. The molecule has 1 unspecified atom stereocenters. The highest BCUT2D eigenvalue weighted by molar-refractivity contribution is 7.99. The van der Waals surface area contributed by atoms with Gasteiger partial charge in [-0.25, -0.2) is 4.98 Å². The third-order valence-corrected chi connectivity index (χ3v) is 4.60. The number of benzene rings is 1. The Balaban J connectivity index is 2.63. The zero-order valence-corrected chi connectivity index (χ0v) is 15.7. The van der Waals surface area contributed by atoms with E-state index in [9.17, 15) is 23.2 Å². The molecule has 0 spiro atoms. The van der Waals surface area contributed by atoms with Gasteiger partial charge in [0.2, 0.25) is 0 Å². The third-order valence-electron chi connectivity index (χ3n) is 3.50. The summed E-state index contributed by atoms with van der Waals surface area (Å²) in [5.41, 5.74) is -1.06. The Bertz CT molecular complexity index is 919. The Morgan fingerprint density at radius 1 is 1.31 bits per heavy atom. The number of nitrogens with one attached hydrogen (secondary N) is 1. The summed E-state index contributed by atoms with van der Waals surface area (Å²) in [6, 6.07) is 4.87. The van der Waals surface area contributed by atoms with Gasteiger partial charge in [0.15, 0.2) is 5.16 Å². The molecular formula is C17H15ClF3N3OS. The Hall–Kier alpha value is -1.98. The van der Waals surface area contributed by atoms with Crippen molar-refractivity contribution in [3.05, 3.63) is 56.0 Å². The zero-order valence-electron chi connectivity index (χ0n) is 14.1. The number of thioether (sulfide) groups is 1. The molecule has 1 aromatic carbocycles. The molecule has 0 aliphatic rings. The van der Waals surface area contributed by atoms with E-state index in [1.165, 1.54) is 24.8 Å². The van der Waals surface area contributed by atoms with Gasteiger partial charge >= 0.3 is 6.18 Å². The lowest BCUT2D eigenvalue weighted by molar-refractivity contribution is -0.137. The molecule has 0 radical (unpaired) electrons. The lowest BCUT2D eigenvalue weighted by Crippen LogP contribution is -2.19. The van der Waals surface area contributed by atoms with E-state index in [1.807, 2.05) is 19.9 Å². The second kappa shape index (κ2) is 7.72. The summed E-state index contributed by atoms with van der Waals surface area (Å²) in [6.45, 7) is 5.28. The summed E-state index contributed by atoms with van der Waals surface area (Å²) in [5, 5.41) is 9.86. The second-order valence-corrected chi connectivity index (χ2v) is 7.88. The maximum Gasteiger partial charge on any atom is 0.416 e. The molecule has 138 valence electrons. The van der Waals surface area contributed by atoms with Gasteiger partial charge < -0.3 is 4.98 Å². The molecule has 1 atom stereocenters. The fraction of sp³-hybridized carbons (Fsp3) is 0.353. The normalized spacial score (nSPS) is 12.9. The molecule has 26 heavy (non-hydrogen) atoms. The predicted molar refractivity (Wildman–Crippen MR) is 94.5 cm³/mol. The van der Waals surface area contributed by atoms with Gasteiger partial charge in [-0.15, -0.1) is 0 Å². The van der Waals surface area contributed by atoms with Crippen LogP contribution in [-0.2, 0) is 6.18 Å². The number of nitriles is 1. The molecule has 4 nitrogen and oxygen atoms in total. The van der Waals surface area contributed by atoms with Gasteiger partial charge in [0, 0.05) is 15.8 Å². The van der Waals surface area contributed by atoms with Crippen molar-refractivity contribution in [3.63, 3.8) is 0 Å². The van der Waals surface area contributed by atoms with Gasteiger partial charge in [0.1, 0.15) is 5.92 Å². The van der Waals surface area contributed by atoms with Crippen LogP contribution >= 0.6 is 23.4 Å². The fourth-order valence-electron chi connectivity index (χ4n) is 2.32. The van der Waals surface area contributed by atoms with Crippen LogP contribution in [0.15, 0.2) is 28.2 Å². The van der Waals surface area contributed by atoms with Crippen molar-refractivity contribution in [2.45, 2.75) is 43.3 Å². The number of alkyl halides is 3. The molecule has 1 aromatic heterocycles. The predicted octanol–water partition coefficient (Wildman–Crippen LogP) is 4.91. The molecule has 2 rings (SSSR count). The van der Waals surface area contributed by atoms with Crippen molar-refractivity contribution in [2.75, 3.05) is 0 Å². The minimum absolute atomic E-state index is 0.0361. The van der Waals surface area contributed by atoms with Gasteiger partial charge in [0.25, 0.3) is 5.56 Å². The fourth-order valence-corrected chi connectivity index (χ4v) is 3.32. The number of aromatic amines is 1. The van der Waals surface area contributed by atoms with E-state index < -0.39 is 23.2 Å². The van der Waals surface area contributed by atoms with Crippen LogP contribution in [0.3, 0.4) is 0 Å². The van der Waals surface area contributed by atoms with Crippen molar-refractivity contribution < 1.29 is 13.2 Å². The first kappa shape index (κ1) is 20.3. The summed E-state index contributed by atoms with van der Waals surface area (Å²) in [6.07, 6.45) is -4.60. The van der Waals surface area contributed by atoms with Gasteiger partial charge in [0.05, 0.1) is 17.3 Å². The van der Waals surface area contributed by atoms with E-state index in [0.717, 1.165) is 12.1 Å². The van der Waals surface area contributed by atoms with Crippen LogP contribution in [0.5, 0.6) is 0 Å². The molecule has 1 heterocycles. The number of aromatic nitrogens is 2. The first-order valence-electron chi connectivity index (χ1n) is 7.57. The molecule has 0 aliphatic carbocycles. The number of H-pyrrole nitrogens is 1. The van der Waals surface area contributed by atoms with Gasteiger partial charge in [-0.3, -0.25) is 4.79 Å². The topological polar surface area (TPSA) is 69.5 Å². The van der Waals surface area contributed by atoms with E-state index in [4.69, 9.17) is 11.6 Å². The molecule has 0 bridgehead atoms. The highest BCUT2D eigenvalue weighted by Crippen LogP contribution is 2.35. The summed E-state index contributed by atoms with van der Waals surface area (Å²) in [7, 11) is 0. The smallest absolute Gasteiger partial charge is 0.301 e. The van der Waals surface area contributed by atoms with Crippen LogP contribution in [0.4, 0.5) is 13.2 Å². The highest BCUT2D eigenvalue weighted by Gasteiger charge is 2.32. The lowest BCUT2D eigenvalue weighted by Gasteiger charge is -2.16. The van der Waals surface area contributed by atoms with Crippen LogP contribution < -0.4 is 5.56 Å². The first-order chi connectivity index (χ1) is 12.0. The van der Waals surface area contributed by atoms with Crippen molar-refractivity contribution in [3.8, 4) is 6.07 Å². The molecule has 0 saturated carbocycles. The van der Waals surface area contributed by atoms with Crippen molar-refractivity contribution in [1.82, 2.24) is 9.97 Å². The molecule has 1 N–H and O–H groups in total. The standard InChI is InChI=1S/C17H15ClF3N3OS/c1-8(2)26-16-23-14(9(3)15(25)24-16)13(7-22)10-4-11(17(19,20)21)6-12(18)5-10/h4-6,8,13H,1-3H3,(H,23,24,25). The Labute approximate surface area is 157 Å². The van der Waals surface area contributed by atoms with Gasteiger partial charge in [-0.05, 0) is 30.7 Å². The largest absolute Gasteiger partial charge is 0.416 e. The number of nitrogens with zero attached hydrogens (tertiary/aromatic N) is 2. The van der Waals surface area contributed by atoms with E-state index in [-0.39, 0.29) is 27.1 Å². The van der Waals surface area contributed by atoms with Crippen molar-refractivity contribution >= 4 is 23.4 Å². The molecule has 0 amide bonds. The van der Waals surface area contributed by atoms with Crippen LogP contribution in [-0.4, -0.2) is 15.2 Å². The molecular weight excluding hydrogens is 387 g/mol. The maximum atomic E-state index is 13.1. The summed E-state index contributed by atoms with van der Waals surface area (Å²) in [4.78, 5) is 19.1. The summed E-state index contributed by atoms with van der Waals surface area (Å²) < 4.78 is 39.2. The van der Waals surface area contributed by atoms with Gasteiger partial charge in [-0.2, -0.15) is 18.4 Å². The third kappa shape index (κ3) is 4.59. The van der Waals surface area contributed by atoms with Crippen LogP contribution in [0.2, 0.25) is 5.02 Å². The minimum atomic E-state index is -4.60. The summed E-state index contributed by atoms with van der Waals surface area (Å²) in [5.74, 6) is -1.15. The number of halogens is 4. The van der Waals surface area contributed by atoms with E-state index in [1.54, 1.807) is 0 Å². The average molecular weight is 402 g/mol. The van der Waals surface area contributed by atoms with Crippen molar-refractivity contribution in [1.29, 1.82) is 5.26 Å². The summed E-state index contributed by atoms with van der Waals surface area (Å²) >= 11 is 7.10. The van der Waals surface area contributed by atoms with Crippen LogP contribution in [0.25, 0.3) is 0 Å². The second-order valence-electron chi connectivity index (χ2n) is 5.88. The van der Waals surface area contributed by atoms with Gasteiger partial charge in [-0.1, -0.05) is 37.2 Å². The highest BCUT2D eigenvalue weighted by atomic mass is 35.5. The molecule has 0 fully saturated rings. The Morgan fingerprint density at radius 3 is 2.50 bits per heavy atom. The zero-order chi connectivity index (χ0) is 19.6. The number of hydrogen-bond donors (Lipinski definition) is 1. The maximum absolute atomic E-state index is 13.1. The molecule has 0 aliphatic heterocycles.